The highest BCUT2D eigenvalue weighted by Gasteiger charge is 2.12. The lowest BCUT2D eigenvalue weighted by atomic mass is 10.2. The lowest BCUT2D eigenvalue weighted by Crippen LogP contribution is -2.29. The fourth-order valence-corrected chi connectivity index (χ4v) is 2.86. The predicted molar refractivity (Wildman–Crippen MR) is 106 cm³/mol. The van der Waals surface area contributed by atoms with Crippen LogP contribution in [0, 0.1) is 0 Å². The van der Waals surface area contributed by atoms with Crippen LogP contribution < -0.4 is 15.6 Å². The Kier molecular flexibility index (Phi) is 4.77. The SMILES string of the molecule is COc1ccc(C(=O)NNc2ncnc3c2cnn3-c2cccc(Cl)c2)cc1. The molecule has 0 unspecified atom stereocenters. The fourth-order valence-electron chi connectivity index (χ4n) is 2.67. The molecule has 4 rings (SSSR count). The molecule has 0 saturated carbocycles. The summed E-state index contributed by atoms with van der Waals surface area (Å²) in [5.74, 6) is 0.798. The van der Waals surface area contributed by atoms with Crippen LogP contribution in [0.2, 0.25) is 5.02 Å². The van der Waals surface area contributed by atoms with Crippen molar-refractivity contribution in [3.05, 3.63) is 71.6 Å². The van der Waals surface area contributed by atoms with Gasteiger partial charge >= 0.3 is 0 Å². The Hall–Kier alpha value is -3.65. The van der Waals surface area contributed by atoms with E-state index in [-0.39, 0.29) is 5.91 Å². The van der Waals surface area contributed by atoms with Gasteiger partial charge in [0.05, 0.1) is 24.4 Å². The zero-order valence-corrected chi connectivity index (χ0v) is 15.5. The molecule has 8 nitrogen and oxygen atoms in total. The Morgan fingerprint density at radius 1 is 1.14 bits per heavy atom. The van der Waals surface area contributed by atoms with E-state index in [1.54, 1.807) is 54.4 Å². The normalized spacial score (nSPS) is 10.6. The molecule has 4 aromatic rings. The monoisotopic (exact) mass is 394 g/mol. The van der Waals surface area contributed by atoms with E-state index in [2.05, 4.69) is 25.9 Å². The minimum absolute atomic E-state index is 0.309. The summed E-state index contributed by atoms with van der Waals surface area (Å²) in [6.45, 7) is 0. The molecule has 0 saturated heterocycles. The molecule has 2 aromatic carbocycles. The van der Waals surface area contributed by atoms with Crippen LogP contribution in [-0.4, -0.2) is 32.8 Å². The molecular formula is C19H15ClN6O2. The minimum Gasteiger partial charge on any atom is -0.497 e. The van der Waals surface area contributed by atoms with Crippen LogP contribution in [0.3, 0.4) is 0 Å². The average Bonchev–Trinajstić information content (AvgIpc) is 3.17. The number of nitrogens with zero attached hydrogens (tertiary/aromatic N) is 4. The summed E-state index contributed by atoms with van der Waals surface area (Å²) in [5.41, 5.74) is 7.29. The van der Waals surface area contributed by atoms with E-state index in [1.165, 1.54) is 6.33 Å². The number of rotatable bonds is 5. The number of benzene rings is 2. The van der Waals surface area contributed by atoms with Crippen LogP contribution in [0.15, 0.2) is 61.1 Å². The number of hydrogen-bond acceptors (Lipinski definition) is 6. The van der Waals surface area contributed by atoms with Crippen molar-refractivity contribution < 1.29 is 9.53 Å². The van der Waals surface area contributed by atoms with Crippen molar-refractivity contribution in [3.63, 3.8) is 0 Å². The van der Waals surface area contributed by atoms with Gasteiger partial charge in [0.25, 0.3) is 5.91 Å². The number of methoxy groups -OCH3 is 1. The highest BCUT2D eigenvalue weighted by atomic mass is 35.5. The number of halogens is 1. The number of fused-ring (bicyclic) bond motifs is 1. The quantitative estimate of drug-likeness (QED) is 0.505. The molecule has 1 amide bonds. The van der Waals surface area contributed by atoms with Crippen LogP contribution >= 0.6 is 11.6 Å². The number of nitrogens with one attached hydrogen (secondary N) is 2. The Morgan fingerprint density at radius 2 is 1.96 bits per heavy atom. The maximum absolute atomic E-state index is 12.3. The molecule has 0 aliphatic heterocycles. The van der Waals surface area contributed by atoms with E-state index in [1.807, 2.05) is 12.1 Å². The number of anilines is 1. The highest BCUT2D eigenvalue weighted by molar-refractivity contribution is 6.30. The number of ether oxygens (including phenoxy) is 1. The zero-order valence-electron chi connectivity index (χ0n) is 14.8. The molecule has 2 heterocycles. The Labute approximate surface area is 165 Å². The van der Waals surface area contributed by atoms with Crippen LogP contribution in [0.1, 0.15) is 10.4 Å². The first kappa shape index (κ1) is 17.7. The van der Waals surface area contributed by atoms with Gasteiger partial charge in [-0.25, -0.2) is 14.6 Å². The van der Waals surface area contributed by atoms with Crippen molar-refractivity contribution in [2.24, 2.45) is 0 Å². The van der Waals surface area contributed by atoms with Gasteiger partial charge in [-0.05, 0) is 42.5 Å². The van der Waals surface area contributed by atoms with E-state index in [4.69, 9.17) is 16.3 Å². The lowest BCUT2D eigenvalue weighted by molar-refractivity contribution is 0.0962. The van der Waals surface area contributed by atoms with Gasteiger partial charge in [-0.15, -0.1) is 0 Å². The van der Waals surface area contributed by atoms with Gasteiger partial charge in [-0.2, -0.15) is 5.10 Å². The van der Waals surface area contributed by atoms with Gasteiger partial charge in [0.2, 0.25) is 0 Å². The molecule has 0 fully saturated rings. The van der Waals surface area contributed by atoms with Crippen molar-refractivity contribution in [2.45, 2.75) is 0 Å². The Balaban J connectivity index is 1.57. The molecule has 140 valence electrons. The van der Waals surface area contributed by atoms with Crippen LogP contribution in [-0.2, 0) is 0 Å². The van der Waals surface area contributed by atoms with Crippen LogP contribution in [0.25, 0.3) is 16.7 Å². The Bertz CT molecular complexity index is 1140. The molecule has 0 radical (unpaired) electrons. The Morgan fingerprint density at radius 3 is 2.71 bits per heavy atom. The summed E-state index contributed by atoms with van der Waals surface area (Å²) in [7, 11) is 1.57. The number of carbonyl (C=O) groups excluding carboxylic acids is 1. The molecule has 2 aromatic heterocycles. The third kappa shape index (κ3) is 3.45. The van der Waals surface area contributed by atoms with E-state index in [0.29, 0.717) is 33.2 Å². The fraction of sp³-hybridized carbons (Fsp3) is 0.0526. The van der Waals surface area contributed by atoms with Gasteiger partial charge in [0, 0.05) is 10.6 Å². The van der Waals surface area contributed by atoms with Crippen molar-refractivity contribution in [1.29, 1.82) is 0 Å². The summed E-state index contributed by atoms with van der Waals surface area (Å²) >= 11 is 6.06. The van der Waals surface area contributed by atoms with Gasteiger partial charge < -0.3 is 4.74 Å². The summed E-state index contributed by atoms with van der Waals surface area (Å²) < 4.78 is 6.74. The minimum atomic E-state index is -0.309. The van der Waals surface area contributed by atoms with E-state index < -0.39 is 0 Å². The molecule has 0 aliphatic carbocycles. The first-order chi connectivity index (χ1) is 13.7. The molecule has 0 atom stereocenters. The lowest BCUT2D eigenvalue weighted by Gasteiger charge is -2.09. The van der Waals surface area contributed by atoms with Crippen molar-refractivity contribution in [1.82, 2.24) is 25.2 Å². The van der Waals surface area contributed by atoms with Gasteiger partial charge in [-0.1, -0.05) is 17.7 Å². The maximum Gasteiger partial charge on any atom is 0.269 e. The topological polar surface area (TPSA) is 94.0 Å². The van der Waals surface area contributed by atoms with Crippen LogP contribution in [0.5, 0.6) is 5.75 Å². The van der Waals surface area contributed by atoms with Gasteiger partial charge in [-0.3, -0.25) is 15.6 Å². The third-order valence-electron chi connectivity index (χ3n) is 4.07. The molecule has 0 aliphatic rings. The molecule has 0 spiro atoms. The summed E-state index contributed by atoms with van der Waals surface area (Å²) in [6.07, 6.45) is 3.02. The first-order valence-electron chi connectivity index (χ1n) is 8.31. The number of aromatic nitrogens is 4. The maximum atomic E-state index is 12.3. The smallest absolute Gasteiger partial charge is 0.269 e. The second kappa shape index (κ2) is 7.53. The van der Waals surface area contributed by atoms with Crippen molar-refractivity contribution >= 4 is 34.4 Å². The highest BCUT2D eigenvalue weighted by Crippen LogP contribution is 2.22. The predicted octanol–water partition coefficient (Wildman–Crippen LogP) is 3.23. The second-order valence-corrected chi connectivity index (χ2v) is 6.24. The summed E-state index contributed by atoms with van der Waals surface area (Å²) in [4.78, 5) is 20.8. The first-order valence-corrected chi connectivity index (χ1v) is 8.68. The standard InChI is InChI=1S/C19H15ClN6O2/c1-28-15-7-5-12(6-8-15)19(27)25-24-17-16-10-23-26(18(16)22-11-21-17)14-4-2-3-13(20)9-14/h2-11H,1H3,(H,25,27)(H,21,22,24). The van der Waals surface area contributed by atoms with E-state index >= 15 is 0 Å². The van der Waals surface area contributed by atoms with Crippen molar-refractivity contribution in [2.75, 3.05) is 12.5 Å². The summed E-state index contributed by atoms with van der Waals surface area (Å²) in [5, 5.41) is 5.61. The molecular weight excluding hydrogens is 380 g/mol. The molecule has 0 bridgehead atoms. The average molecular weight is 395 g/mol. The second-order valence-electron chi connectivity index (χ2n) is 5.80. The molecule has 9 heteroatoms. The number of hydrazine groups is 1. The molecule has 2 N–H and O–H groups in total. The van der Waals surface area contributed by atoms with Gasteiger partial charge in [0.1, 0.15) is 12.1 Å². The number of hydrogen-bond donors (Lipinski definition) is 2. The number of carbonyl (C=O) groups is 1. The molecule has 28 heavy (non-hydrogen) atoms. The van der Waals surface area contributed by atoms with E-state index in [9.17, 15) is 4.79 Å². The van der Waals surface area contributed by atoms with Crippen molar-refractivity contribution in [3.8, 4) is 11.4 Å². The third-order valence-corrected chi connectivity index (χ3v) is 4.30. The number of amides is 1. The largest absolute Gasteiger partial charge is 0.497 e. The van der Waals surface area contributed by atoms with E-state index in [0.717, 1.165) is 5.69 Å². The van der Waals surface area contributed by atoms with Crippen LogP contribution in [0.4, 0.5) is 5.82 Å². The zero-order chi connectivity index (χ0) is 19.5. The van der Waals surface area contributed by atoms with Gasteiger partial charge in [0.15, 0.2) is 11.5 Å². The summed E-state index contributed by atoms with van der Waals surface area (Å²) in [6, 6.07) is 14.0.